The van der Waals surface area contributed by atoms with E-state index in [1.54, 1.807) is 6.20 Å². The molecule has 20 heavy (non-hydrogen) atoms. The monoisotopic (exact) mass is 276 g/mol. The van der Waals surface area contributed by atoms with E-state index in [2.05, 4.69) is 15.3 Å². The van der Waals surface area contributed by atoms with Crippen molar-refractivity contribution in [2.75, 3.05) is 7.11 Å². The summed E-state index contributed by atoms with van der Waals surface area (Å²) in [4.78, 5) is 29.0. The Labute approximate surface area is 113 Å². The van der Waals surface area contributed by atoms with Crippen molar-refractivity contribution < 1.29 is 14.5 Å². The zero-order chi connectivity index (χ0) is 14.5. The van der Waals surface area contributed by atoms with Crippen LogP contribution in [-0.4, -0.2) is 27.9 Å². The van der Waals surface area contributed by atoms with Gasteiger partial charge >= 0.3 is 5.69 Å². The molecule has 8 heteroatoms. The summed E-state index contributed by atoms with van der Waals surface area (Å²) in [5, 5.41) is 13.5. The second-order valence-corrected chi connectivity index (χ2v) is 3.87. The van der Waals surface area contributed by atoms with Crippen LogP contribution < -0.4 is 10.1 Å². The number of benzene rings is 1. The maximum atomic E-state index is 12.0. The van der Waals surface area contributed by atoms with Gasteiger partial charge in [-0.05, 0) is 6.07 Å². The summed E-state index contributed by atoms with van der Waals surface area (Å²) in [6.45, 7) is 0.241. The largest absolute Gasteiger partial charge is 0.490 e. The van der Waals surface area contributed by atoms with Crippen LogP contribution in [0.3, 0.4) is 0 Å². The van der Waals surface area contributed by atoms with Crippen LogP contribution in [0.25, 0.3) is 0 Å². The molecule has 2 N–H and O–H groups in total. The number of nitrogens with zero attached hydrogens (tertiary/aromatic N) is 2. The first-order valence-electron chi connectivity index (χ1n) is 5.70. The number of aromatic amines is 1. The van der Waals surface area contributed by atoms with E-state index in [9.17, 15) is 14.9 Å². The van der Waals surface area contributed by atoms with Gasteiger partial charge in [0.2, 0.25) is 5.75 Å². The summed E-state index contributed by atoms with van der Waals surface area (Å²) in [5.74, 6) is -0.514. The molecule has 0 saturated carbocycles. The van der Waals surface area contributed by atoms with Gasteiger partial charge in [0.1, 0.15) is 0 Å². The lowest BCUT2D eigenvalue weighted by Crippen LogP contribution is -2.23. The van der Waals surface area contributed by atoms with Crippen molar-refractivity contribution in [3.8, 4) is 5.75 Å². The molecular formula is C12H12N4O4. The molecule has 0 fully saturated rings. The third-order valence-electron chi connectivity index (χ3n) is 2.63. The molecule has 1 heterocycles. The molecular weight excluding hydrogens is 264 g/mol. The van der Waals surface area contributed by atoms with E-state index in [0.29, 0.717) is 0 Å². The molecule has 0 spiro atoms. The number of imidazole rings is 1. The van der Waals surface area contributed by atoms with E-state index in [1.165, 1.54) is 31.6 Å². The van der Waals surface area contributed by atoms with Gasteiger partial charge in [-0.2, -0.15) is 0 Å². The zero-order valence-electron chi connectivity index (χ0n) is 10.6. The summed E-state index contributed by atoms with van der Waals surface area (Å²) >= 11 is 0. The summed E-state index contributed by atoms with van der Waals surface area (Å²) < 4.78 is 4.97. The van der Waals surface area contributed by atoms with Crippen LogP contribution in [0.2, 0.25) is 0 Å². The lowest BCUT2D eigenvalue weighted by molar-refractivity contribution is -0.385. The molecule has 0 saturated heterocycles. The maximum absolute atomic E-state index is 12.0. The molecule has 0 radical (unpaired) electrons. The van der Waals surface area contributed by atoms with Crippen molar-refractivity contribution in [2.45, 2.75) is 6.54 Å². The van der Waals surface area contributed by atoms with Crippen molar-refractivity contribution in [3.05, 3.63) is 52.1 Å². The number of H-pyrrole nitrogens is 1. The summed E-state index contributed by atoms with van der Waals surface area (Å²) in [6.07, 6.45) is 3.07. The predicted octanol–water partition coefficient (Wildman–Crippen LogP) is 1.26. The molecule has 8 nitrogen and oxygen atoms in total. The number of rotatable bonds is 5. The maximum Gasteiger partial charge on any atom is 0.311 e. The number of nitrogens with one attached hydrogen (secondary N) is 2. The minimum atomic E-state index is -0.593. The first-order chi connectivity index (χ1) is 9.63. The zero-order valence-corrected chi connectivity index (χ0v) is 10.6. The molecule has 1 aromatic heterocycles. The molecule has 0 unspecified atom stereocenters. The lowest BCUT2D eigenvalue weighted by Gasteiger charge is -2.08. The second kappa shape index (κ2) is 5.83. The van der Waals surface area contributed by atoms with Crippen molar-refractivity contribution in [3.63, 3.8) is 0 Å². The van der Waals surface area contributed by atoms with Gasteiger partial charge in [-0.3, -0.25) is 14.9 Å². The highest BCUT2D eigenvalue weighted by atomic mass is 16.6. The number of hydrogen-bond donors (Lipinski definition) is 2. The highest BCUT2D eigenvalue weighted by molar-refractivity contribution is 5.98. The van der Waals surface area contributed by atoms with Crippen molar-refractivity contribution in [1.82, 2.24) is 15.3 Å². The highest BCUT2D eigenvalue weighted by Crippen LogP contribution is 2.30. The van der Waals surface area contributed by atoms with Crippen LogP contribution in [-0.2, 0) is 6.54 Å². The number of hydrogen-bond acceptors (Lipinski definition) is 5. The van der Waals surface area contributed by atoms with E-state index in [-0.39, 0.29) is 23.5 Å². The molecule has 2 aromatic rings. The Morgan fingerprint density at radius 3 is 2.95 bits per heavy atom. The lowest BCUT2D eigenvalue weighted by atomic mass is 10.1. The van der Waals surface area contributed by atoms with Gasteiger partial charge in [0.25, 0.3) is 5.91 Å². The minimum Gasteiger partial charge on any atom is -0.490 e. The average molecular weight is 276 g/mol. The Morgan fingerprint density at radius 2 is 2.35 bits per heavy atom. The van der Waals surface area contributed by atoms with Crippen molar-refractivity contribution in [2.24, 2.45) is 0 Å². The van der Waals surface area contributed by atoms with Crippen LogP contribution in [0.15, 0.2) is 30.7 Å². The number of carbonyl (C=O) groups excluding carboxylic acids is 1. The fraction of sp³-hybridized carbons (Fsp3) is 0.167. The molecule has 104 valence electrons. The fourth-order valence-electron chi connectivity index (χ4n) is 1.71. The normalized spacial score (nSPS) is 10.1. The first-order valence-corrected chi connectivity index (χ1v) is 5.70. The summed E-state index contributed by atoms with van der Waals surface area (Å²) in [7, 11) is 1.29. The van der Waals surface area contributed by atoms with E-state index in [4.69, 9.17) is 4.74 Å². The molecule has 0 aliphatic heterocycles. The number of amides is 1. The number of para-hydroxylation sites is 1. The number of carbonyl (C=O) groups is 1. The third kappa shape index (κ3) is 2.74. The number of ether oxygens (including phenoxy) is 1. The van der Waals surface area contributed by atoms with Crippen LogP contribution in [0.1, 0.15) is 16.1 Å². The van der Waals surface area contributed by atoms with Gasteiger partial charge in [-0.15, -0.1) is 0 Å². The Bertz CT molecular complexity index is 624. The Morgan fingerprint density at radius 1 is 1.55 bits per heavy atom. The number of aromatic nitrogens is 2. The quantitative estimate of drug-likeness (QED) is 0.631. The van der Waals surface area contributed by atoms with Gasteiger partial charge in [0, 0.05) is 12.3 Å². The molecule has 0 aliphatic rings. The second-order valence-electron chi connectivity index (χ2n) is 3.87. The number of nitro groups is 1. The van der Waals surface area contributed by atoms with Gasteiger partial charge in [-0.25, -0.2) is 4.98 Å². The number of nitro benzene ring substituents is 1. The summed E-state index contributed by atoms with van der Waals surface area (Å²) in [6, 6.07) is 4.18. The van der Waals surface area contributed by atoms with E-state index >= 15 is 0 Å². The van der Waals surface area contributed by atoms with Crippen molar-refractivity contribution >= 4 is 11.6 Å². The molecule has 2 rings (SSSR count). The summed E-state index contributed by atoms with van der Waals surface area (Å²) in [5.41, 5.74) is 0.589. The SMILES string of the molecule is COc1c(C(=O)NCc2cnc[nH]2)cccc1[N+](=O)[O-]. The van der Waals surface area contributed by atoms with E-state index in [1.807, 2.05) is 0 Å². The highest BCUT2D eigenvalue weighted by Gasteiger charge is 2.22. The fourth-order valence-corrected chi connectivity index (χ4v) is 1.71. The van der Waals surface area contributed by atoms with Gasteiger partial charge in [-0.1, -0.05) is 6.07 Å². The molecule has 0 atom stereocenters. The predicted molar refractivity (Wildman–Crippen MR) is 69.4 cm³/mol. The van der Waals surface area contributed by atoms with Crippen LogP contribution in [0.5, 0.6) is 5.75 Å². The average Bonchev–Trinajstić information content (AvgIpc) is 2.97. The first kappa shape index (κ1) is 13.5. The number of methoxy groups -OCH3 is 1. The van der Waals surface area contributed by atoms with Crippen LogP contribution in [0.4, 0.5) is 5.69 Å². The Kier molecular flexibility index (Phi) is 3.94. The van der Waals surface area contributed by atoms with E-state index < -0.39 is 10.8 Å². The van der Waals surface area contributed by atoms with Crippen LogP contribution in [0, 0.1) is 10.1 Å². The van der Waals surface area contributed by atoms with Gasteiger partial charge in [0.05, 0.1) is 36.2 Å². The minimum absolute atomic E-state index is 0.0559. The van der Waals surface area contributed by atoms with Crippen molar-refractivity contribution in [1.29, 1.82) is 0 Å². The van der Waals surface area contributed by atoms with Crippen LogP contribution >= 0.6 is 0 Å². The van der Waals surface area contributed by atoms with Gasteiger partial charge < -0.3 is 15.0 Å². The molecule has 1 amide bonds. The standard InChI is InChI=1S/C12H12N4O4/c1-20-11-9(3-2-4-10(11)16(18)19)12(17)14-6-8-5-13-7-15-8/h2-5,7H,6H2,1H3,(H,13,15)(H,14,17). The third-order valence-corrected chi connectivity index (χ3v) is 2.63. The van der Waals surface area contributed by atoms with E-state index in [0.717, 1.165) is 5.69 Å². The smallest absolute Gasteiger partial charge is 0.311 e. The van der Waals surface area contributed by atoms with Gasteiger partial charge in [0.15, 0.2) is 0 Å². The topological polar surface area (TPSA) is 110 Å². The Balaban J connectivity index is 2.21. The Hall–Kier alpha value is -2.90. The molecule has 1 aromatic carbocycles. The molecule has 0 aliphatic carbocycles. The molecule has 0 bridgehead atoms.